The van der Waals surface area contributed by atoms with Gasteiger partial charge in [0.1, 0.15) is 6.42 Å². The van der Waals surface area contributed by atoms with Crippen LogP contribution >= 0.6 is 0 Å². The minimum Gasteiger partial charge on any atom is -0.449 e. The SMILES string of the molecule is Cc1nn(C)c(C)c1NC(=O)[C@@H](C)OC(=O)c1ccc(NC(=O)CC#N)cc1. The number of ether oxygens (including phenoxy) is 1. The second kappa shape index (κ2) is 8.81. The molecule has 9 heteroatoms. The van der Waals surface area contributed by atoms with Crippen LogP contribution in [0.1, 0.15) is 35.1 Å². The molecule has 0 fully saturated rings. The highest BCUT2D eigenvalue weighted by molar-refractivity contribution is 5.98. The number of hydrogen-bond donors (Lipinski definition) is 2. The number of rotatable bonds is 6. The molecule has 2 N–H and O–H groups in total. The second-order valence-electron chi connectivity index (χ2n) is 6.17. The molecule has 0 aliphatic rings. The van der Waals surface area contributed by atoms with Crippen molar-refractivity contribution in [1.29, 1.82) is 5.26 Å². The van der Waals surface area contributed by atoms with Gasteiger partial charge >= 0.3 is 5.97 Å². The Labute approximate surface area is 162 Å². The number of carbonyl (C=O) groups excluding carboxylic acids is 3. The molecular weight excluding hydrogens is 362 g/mol. The molecule has 0 saturated carbocycles. The number of esters is 1. The molecule has 0 spiro atoms. The Hall–Kier alpha value is -3.67. The Morgan fingerprint density at radius 1 is 1.21 bits per heavy atom. The maximum atomic E-state index is 12.3. The second-order valence-corrected chi connectivity index (χ2v) is 6.17. The van der Waals surface area contributed by atoms with E-state index >= 15 is 0 Å². The van der Waals surface area contributed by atoms with Crippen LogP contribution < -0.4 is 10.6 Å². The summed E-state index contributed by atoms with van der Waals surface area (Å²) in [6, 6.07) is 7.70. The lowest BCUT2D eigenvalue weighted by molar-refractivity contribution is -0.123. The zero-order valence-corrected chi connectivity index (χ0v) is 16.1. The molecule has 2 aromatic rings. The number of hydrogen-bond acceptors (Lipinski definition) is 6. The molecule has 1 atom stereocenters. The lowest BCUT2D eigenvalue weighted by Crippen LogP contribution is -2.30. The van der Waals surface area contributed by atoms with Crippen LogP contribution in [0, 0.1) is 25.2 Å². The van der Waals surface area contributed by atoms with E-state index in [1.807, 2.05) is 6.92 Å². The first-order valence-corrected chi connectivity index (χ1v) is 8.51. The number of nitriles is 1. The van der Waals surface area contributed by atoms with Crippen molar-refractivity contribution in [3.8, 4) is 6.07 Å². The predicted octanol–water partition coefficient (Wildman–Crippen LogP) is 2.07. The van der Waals surface area contributed by atoms with E-state index in [1.54, 1.807) is 24.7 Å². The van der Waals surface area contributed by atoms with E-state index in [1.165, 1.54) is 31.2 Å². The Kier molecular flexibility index (Phi) is 6.50. The molecule has 1 aromatic carbocycles. The number of aryl methyl sites for hydroxylation is 2. The molecule has 0 bridgehead atoms. The molecule has 0 saturated heterocycles. The number of anilines is 2. The standard InChI is InChI=1S/C19H21N5O4/c1-11-17(12(2)24(4)23-11)22-18(26)13(3)28-19(27)14-5-7-15(8-6-14)21-16(25)9-10-20/h5-8,13H,9H2,1-4H3,(H,21,25)(H,22,26)/t13-/m1/s1. The van der Waals surface area contributed by atoms with Gasteiger partial charge in [-0.25, -0.2) is 4.79 Å². The summed E-state index contributed by atoms with van der Waals surface area (Å²) < 4.78 is 6.86. The molecule has 28 heavy (non-hydrogen) atoms. The molecule has 2 rings (SSSR count). The molecule has 2 amide bonds. The third-order valence-electron chi connectivity index (χ3n) is 4.05. The lowest BCUT2D eigenvalue weighted by atomic mass is 10.2. The average Bonchev–Trinajstić information content (AvgIpc) is 2.88. The van der Waals surface area contributed by atoms with Crippen molar-refractivity contribution in [3.05, 3.63) is 41.2 Å². The van der Waals surface area contributed by atoms with Crippen LogP contribution in [0.15, 0.2) is 24.3 Å². The van der Waals surface area contributed by atoms with Gasteiger partial charge in [-0.15, -0.1) is 0 Å². The van der Waals surface area contributed by atoms with Crippen LogP contribution in [0.2, 0.25) is 0 Å². The first kappa shape index (κ1) is 20.6. The minimum absolute atomic E-state index is 0.228. The van der Waals surface area contributed by atoms with E-state index < -0.39 is 23.9 Å². The number of nitrogens with zero attached hydrogens (tertiary/aromatic N) is 3. The maximum Gasteiger partial charge on any atom is 0.338 e. The average molecular weight is 383 g/mol. The maximum absolute atomic E-state index is 12.3. The topological polar surface area (TPSA) is 126 Å². The fraction of sp³-hybridized carbons (Fsp3) is 0.316. The van der Waals surface area contributed by atoms with Crippen molar-refractivity contribution in [2.45, 2.75) is 33.3 Å². The molecule has 146 valence electrons. The van der Waals surface area contributed by atoms with Gasteiger partial charge < -0.3 is 15.4 Å². The molecule has 1 aromatic heterocycles. The van der Waals surface area contributed by atoms with Gasteiger partial charge in [-0.2, -0.15) is 10.4 Å². The Morgan fingerprint density at radius 3 is 2.39 bits per heavy atom. The van der Waals surface area contributed by atoms with Gasteiger partial charge in [0.05, 0.1) is 28.7 Å². The quantitative estimate of drug-likeness (QED) is 0.736. The number of benzene rings is 1. The van der Waals surface area contributed by atoms with Gasteiger partial charge in [0.15, 0.2) is 6.10 Å². The predicted molar refractivity (Wildman–Crippen MR) is 101 cm³/mol. The summed E-state index contributed by atoms with van der Waals surface area (Å²) in [5.74, 6) is -1.57. The largest absolute Gasteiger partial charge is 0.449 e. The zero-order valence-electron chi connectivity index (χ0n) is 16.1. The van der Waals surface area contributed by atoms with Crippen molar-refractivity contribution in [1.82, 2.24) is 9.78 Å². The van der Waals surface area contributed by atoms with Crippen LogP contribution in [0.25, 0.3) is 0 Å². The molecule has 1 heterocycles. The van der Waals surface area contributed by atoms with Gasteiger partial charge in [0, 0.05) is 12.7 Å². The number of carbonyl (C=O) groups is 3. The van der Waals surface area contributed by atoms with Gasteiger partial charge in [-0.1, -0.05) is 0 Å². The molecule has 0 aliphatic heterocycles. The first-order valence-electron chi connectivity index (χ1n) is 8.51. The van der Waals surface area contributed by atoms with Crippen molar-refractivity contribution < 1.29 is 19.1 Å². The smallest absolute Gasteiger partial charge is 0.338 e. The summed E-state index contributed by atoms with van der Waals surface area (Å²) in [7, 11) is 1.77. The summed E-state index contributed by atoms with van der Waals surface area (Å²) in [6.07, 6.45) is -1.27. The van der Waals surface area contributed by atoms with E-state index in [4.69, 9.17) is 10.00 Å². The summed E-state index contributed by atoms with van der Waals surface area (Å²) in [5.41, 5.74) is 2.73. The van der Waals surface area contributed by atoms with Crippen LogP contribution in [0.5, 0.6) is 0 Å². The molecular formula is C19H21N5O4. The third-order valence-corrected chi connectivity index (χ3v) is 4.05. The summed E-state index contributed by atoms with van der Waals surface area (Å²) in [6.45, 7) is 5.07. The molecule has 0 unspecified atom stereocenters. The van der Waals surface area contributed by atoms with Gasteiger partial charge in [0.25, 0.3) is 5.91 Å². The molecule has 0 radical (unpaired) electrons. The fourth-order valence-corrected chi connectivity index (χ4v) is 2.43. The minimum atomic E-state index is -1.01. The van der Waals surface area contributed by atoms with E-state index in [-0.39, 0.29) is 12.0 Å². The Balaban J connectivity index is 1.97. The van der Waals surface area contributed by atoms with Gasteiger partial charge in [-0.3, -0.25) is 14.3 Å². The zero-order chi connectivity index (χ0) is 20.8. The highest BCUT2D eigenvalue weighted by Gasteiger charge is 2.21. The monoisotopic (exact) mass is 383 g/mol. The van der Waals surface area contributed by atoms with Gasteiger partial charge in [0.2, 0.25) is 5.91 Å². The normalized spacial score (nSPS) is 11.2. The highest BCUT2D eigenvalue weighted by atomic mass is 16.5. The molecule has 9 nitrogen and oxygen atoms in total. The third kappa shape index (κ3) is 4.94. The van der Waals surface area contributed by atoms with E-state index in [0.717, 1.165) is 5.69 Å². The summed E-state index contributed by atoms with van der Waals surface area (Å²) >= 11 is 0. The summed E-state index contributed by atoms with van der Waals surface area (Å²) in [5, 5.41) is 17.9. The Morgan fingerprint density at radius 2 is 1.86 bits per heavy atom. The molecule has 0 aliphatic carbocycles. The van der Waals surface area contributed by atoms with Crippen molar-refractivity contribution >= 4 is 29.2 Å². The van der Waals surface area contributed by atoms with Crippen LogP contribution in [0.3, 0.4) is 0 Å². The van der Waals surface area contributed by atoms with Crippen molar-refractivity contribution in [2.75, 3.05) is 10.6 Å². The first-order chi connectivity index (χ1) is 13.2. The fourth-order valence-electron chi connectivity index (χ4n) is 2.43. The highest BCUT2D eigenvalue weighted by Crippen LogP contribution is 2.19. The van der Waals surface area contributed by atoms with Crippen LogP contribution in [0.4, 0.5) is 11.4 Å². The van der Waals surface area contributed by atoms with Crippen molar-refractivity contribution in [3.63, 3.8) is 0 Å². The Bertz CT molecular complexity index is 940. The van der Waals surface area contributed by atoms with E-state index in [0.29, 0.717) is 17.1 Å². The summed E-state index contributed by atoms with van der Waals surface area (Å²) in [4.78, 5) is 35.9. The van der Waals surface area contributed by atoms with Crippen molar-refractivity contribution in [2.24, 2.45) is 7.05 Å². The lowest BCUT2D eigenvalue weighted by Gasteiger charge is -2.14. The van der Waals surface area contributed by atoms with Crippen LogP contribution in [-0.4, -0.2) is 33.7 Å². The number of amides is 2. The van der Waals surface area contributed by atoms with E-state index in [9.17, 15) is 14.4 Å². The number of nitrogens with one attached hydrogen (secondary N) is 2. The number of aromatic nitrogens is 2. The van der Waals surface area contributed by atoms with E-state index in [2.05, 4.69) is 15.7 Å². The van der Waals surface area contributed by atoms with Crippen LogP contribution in [-0.2, 0) is 21.4 Å². The van der Waals surface area contributed by atoms with Gasteiger partial charge in [-0.05, 0) is 45.0 Å².